The van der Waals surface area contributed by atoms with Gasteiger partial charge >= 0.3 is 0 Å². The van der Waals surface area contributed by atoms with E-state index in [1.165, 1.54) is 6.07 Å². The maximum Gasteiger partial charge on any atom is 0.265 e. The van der Waals surface area contributed by atoms with E-state index in [1.54, 1.807) is 18.2 Å². The lowest BCUT2D eigenvalue weighted by molar-refractivity contribution is 0.486. The van der Waals surface area contributed by atoms with Gasteiger partial charge < -0.3 is 5.73 Å². The molecule has 2 aromatic rings. The smallest absolute Gasteiger partial charge is 0.265 e. The average molecular weight is 363 g/mol. The van der Waals surface area contributed by atoms with E-state index in [2.05, 4.69) is 20.7 Å². The SMILES string of the molecule is Nc1cc(F)c(F)c(S(=O)(=O)Nc2ccccc2Br)c1. The first-order valence-electron chi connectivity index (χ1n) is 5.33. The Labute approximate surface area is 122 Å². The van der Waals surface area contributed by atoms with Crippen LogP contribution in [0.3, 0.4) is 0 Å². The standard InChI is InChI=1S/C12H9BrF2N2O2S/c13-8-3-1-2-4-10(8)17-20(18,19)11-6-7(16)5-9(14)12(11)15/h1-6,17H,16H2. The summed E-state index contributed by atoms with van der Waals surface area (Å²) in [5, 5.41) is 0. The van der Waals surface area contributed by atoms with Crippen LogP contribution in [0, 0.1) is 11.6 Å². The summed E-state index contributed by atoms with van der Waals surface area (Å²) >= 11 is 3.15. The largest absolute Gasteiger partial charge is 0.399 e. The molecule has 20 heavy (non-hydrogen) atoms. The first-order valence-corrected chi connectivity index (χ1v) is 7.61. The molecule has 0 bridgehead atoms. The lowest BCUT2D eigenvalue weighted by Gasteiger charge is -2.11. The third-order valence-corrected chi connectivity index (χ3v) is 4.48. The number of rotatable bonds is 3. The second kappa shape index (κ2) is 5.37. The van der Waals surface area contributed by atoms with Gasteiger partial charge in [0, 0.05) is 10.2 Å². The zero-order valence-corrected chi connectivity index (χ0v) is 12.3. The topological polar surface area (TPSA) is 72.2 Å². The molecule has 0 aliphatic heterocycles. The fourth-order valence-electron chi connectivity index (χ4n) is 1.52. The van der Waals surface area contributed by atoms with Crippen LogP contribution in [0.5, 0.6) is 0 Å². The van der Waals surface area contributed by atoms with Crippen molar-refractivity contribution in [3.05, 3.63) is 52.5 Å². The molecule has 8 heteroatoms. The second-order valence-corrected chi connectivity index (χ2v) is 6.41. The molecular formula is C12H9BrF2N2O2S. The lowest BCUT2D eigenvalue weighted by atomic mass is 10.3. The number of nitrogens with one attached hydrogen (secondary N) is 1. The normalized spacial score (nSPS) is 11.3. The zero-order chi connectivity index (χ0) is 14.9. The predicted molar refractivity (Wildman–Crippen MR) is 75.7 cm³/mol. The Balaban J connectivity index is 2.49. The number of sulfonamides is 1. The quantitative estimate of drug-likeness (QED) is 0.824. The van der Waals surface area contributed by atoms with E-state index in [0.717, 1.165) is 6.07 Å². The Morgan fingerprint density at radius 3 is 2.45 bits per heavy atom. The average Bonchev–Trinajstić information content (AvgIpc) is 2.36. The highest BCUT2D eigenvalue weighted by atomic mass is 79.9. The van der Waals surface area contributed by atoms with Crippen LogP contribution in [-0.4, -0.2) is 8.42 Å². The maximum absolute atomic E-state index is 13.6. The molecule has 0 aliphatic carbocycles. The number of hydrogen-bond donors (Lipinski definition) is 2. The van der Waals surface area contributed by atoms with Crippen LogP contribution in [-0.2, 0) is 10.0 Å². The molecule has 0 fully saturated rings. The van der Waals surface area contributed by atoms with Crippen LogP contribution in [0.2, 0.25) is 0 Å². The summed E-state index contributed by atoms with van der Waals surface area (Å²) in [6.45, 7) is 0. The van der Waals surface area contributed by atoms with Crippen LogP contribution in [0.4, 0.5) is 20.2 Å². The van der Waals surface area contributed by atoms with Crippen LogP contribution < -0.4 is 10.5 Å². The van der Waals surface area contributed by atoms with Crippen molar-refractivity contribution in [3.63, 3.8) is 0 Å². The van der Waals surface area contributed by atoms with Gasteiger partial charge in [0.15, 0.2) is 11.6 Å². The van der Waals surface area contributed by atoms with Crippen LogP contribution in [0.15, 0.2) is 45.8 Å². The first-order chi connectivity index (χ1) is 9.31. The van der Waals surface area contributed by atoms with Gasteiger partial charge in [-0.2, -0.15) is 0 Å². The highest BCUT2D eigenvalue weighted by Crippen LogP contribution is 2.27. The third-order valence-electron chi connectivity index (χ3n) is 2.42. The predicted octanol–water partition coefficient (Wildman–Crippen LogP) is 3.11. The van der Waals surface area contributed by atoms with Crippen molar-refractivity contribution < 1.29 is 17.2 Å². The molecule has 0 radical (unpaired) electrons. The number of nitrogen functional groups attached to an aromatic ring is 1. The minimum Gasteiger partial charge on any atom is -0.399 e. The van der Waals surface area contributed by atoms with Gasteiger partial charge in [0.05, 0.1) is 5.69 Å². The Morgan fingerprint density at radius 1 is 1.15 bits per heavy atom. The fraction of sp³-hybridized carbons (Fsp3) is 0. The Kier molecular flexibility index (Phi) is 3.96. The second-order valence-electron chi connectivity index (χ2n) is 3.90. The number of nitrogens with two attached hydrogens (primary N) is 1. The van der Waals surface area contributed by atoms with Crippen molar-refractivity contribution in [1.29, 1.82) is 0 Å². The number of para-hydroxylation sites is 1. The van der Waals surface area contributed by atoms with E-state index >= 15 is 0 Å². The molecule has 0 amide bonds. The molecule has 0 saturated heterocycles. The molecule has 0 atom stereocenters. The fourth-order valence-corrected chi connectivity index (χ4v) is 3.24. The molecule has 4 nitrogen and oxygen atoms in total. The summed E-state index contributed by atoms with van der Waals surface area (Å²) in [4.78, 5) is -0.842. The number of anilines is 2. The van der Waals surface area contributed by atoms with E-state index < -0.39 is 26.6 Å². The molecule has 0 aliphatic rings. The van der Waals surface area contributed by atoms with Gasteiger partial charge in [-0.3, -0.25) is 4.72 Å². The number of benzene rings is 2. The van der Waals surface area contributed by atoms with Crippen molar-refractivity contribution in [1.82, 2.24) is 0 Å². The monoisotopic (exact) mass is 362 g/mol. The van der Waals surface area contributed by atoms with Gasteiger partial charge in [0.25, 0.3) is 10.0 Å². The van der Waals surface area contributed by atoms with Gasteiger partial charge in [0.2, 0.25) is 0 Å². The third kappa shape index (κ3) is 2.91. The van der Waals surface area contributed by atoms with Gasteiger partial charge in [-0.25, -0.2) is 17.2 Å². The number of hydrogen-bond acceptors (Lipinski definition) is 3. The molecule has 0 heterocycles. The molecule has 2 aromatic carbocycles. The zero-order valence-electron chi connectivity index (χ0n) is 9.90. The van der Waals surface area contributed by atoms with Crippen molar-refractivity contribution in [2.24, 2.45) is 0 Å². The van der Waals surface area contributed by atoms with Crippen LogP contribution >= 0.6 is 15.9 Å². The van der Waals surface area contributed by atoms with Crippen molar-refractivity contribution in [3.8, 4) is 0 Å². The van der Waals surface area contributed by atoms with E-state index in [0.29, 0.717) is 10.5 Å². The Hall–Kier alpha value is -1.67. The van der Waals surface area contributed by atoms with Gasteiger partial charge in [-0.1, -0.05) is 12.1 Å². The Bertz CT molecular complexity index is 766. The molecular weight excluding hydrogens is 354 g/mol. The molecule has 0 spiro atoms. The molecule has 0 saturated carbocycles. The maximum atomic E-state index is 13.6. The van der Waals surface area contributed by atoms with E-state index in [-0.39, 0.29) is 11.4 Å². The summed E-state index contributed by atoms with van der Waals surface area (Å²) in [6, 6.07) is 7.93. The minimum absolute atomic E-state index is 0.184. The highest BCUT2D eigenvalue weighted by molar-refractivity contribution is 9.10. The van der Waals surface area contributed by atoms with Gasteiger partial charge in [-0.15, -0.1) is 0 Å². The molecule has 2 rings (SSSR count). The van der Waals surface area contributed by atoms with Gasteiger partial charge in [0.1, 0.15) is 4.90 Å². The summed E-state index contributed by atoms with van der Waals surface area (Å²) in [5.74, 6) is -2.80. The molecule has 0 unspecified atom stereocenters. The van der Waals surface area contributed by atoms with Crippen molar-refractivity contribution in [2.75, 3.05) is 10.5 Å². The van der Waals surface area contributed by atoms with Crippen LogP contribution in [0.1, 0.15) is 0 Å². The van der Waals surface area contributed by atoms with Crippen molar-refractivity contribution >= 4 is 37.3 Å². The molecule has 0 aromatic heterocycles. The first kappa shape index (κ1) is 14.7. The summed E-state index contributed by atoms with van der Waals surface area (Å²) < 4.78 is 53.6. The molecule has 3 N–H and O–H groups in total. The number of halogens is 3. The summed E-state index contributed by atoms with van der Waals surface area (Å²) in [7, 11) is -4.29. The van der Waals surface area contributed by atoms with E-state index in [1.807, 2.05) is 0 Å². The lowest BCUT2D eigenvalue weighted by Crippen LogP contribution is -2.16. The Morgan fingerprint density at radius 2 is 1.80 bits per heavy atom. The highest BCUT2D eigenvalue weighted by Gasteiger charge is 2.23. The molecule has 106 valence electrons. The summed E-state index contributed by atoms with van der Waals surface area (Å²) in [6.07, 6.45) is 0. The van der Waals surface area contributed by atoms with E-state index in [4.69, 9.17) is 5.73 Å². The van der Waals surface area contributed by atoms with Crippen LogP contribution in [0.25, 0.3) is 0 Å². The summed E-state index contributed by atoms with van der Waals surface area (Å²) in [5.41, 5.74) is 5.36. The minimum atomic E-state index is -4.29. The van der Waals surface area contributed by atoms with Gasteiger partial charge in [-0.05, 0) is 40.2 Å². The van der Waals surface area contributed by atoms with Crippen molar-refractivity contribution in [2.45, 2.75) is 4.90 Å². The van der Waals surface area contributed by atoms with E-state index in [9.17, 15) is 17.2 Å².